The fourth-order valence-corrected chi connectivity index (χ4v) is 4.48. The largest absolute Gasteiger partial charge is 0.465 e. The summed E-state index contributed by atoms with van der Waals surface area (Å²) in [6.45, 7) is 3.69. The van der Waals surface area contributed by atoms with E-state index in [1.165, 1.54) is 10.5 Å². The molecule has 0 bridgehead atoms. The van der Waals surface area contributed by atoms with Crippen molar-refractivity contribution in [2.75, 3.05) is 33.7 Å². The molecule has 1 fully saturated rings. The van der Waals surface area contributed by atoms with Crippen LogP contribution in [-0.2, 0) is 6.54 Å². The van der Waals surface area contributed by atoms with Gasteiger partial charge >= 0.3 is 6.09 Å². The molecule has 7 nitrogen and oxygen atoms in total. The summed E-state index contributed by atoms with van der Waals surface area (Å²) >= 11 is 6.55. The average molecular weight is 467 g/mol. The Labute approximate surface area is 198 Å². The number of piperazine rings is 1. The van der Waals surface area contributed by atoms with E-state index in [0.29, 0.717) is 35.7 Å². The minimum absolute atomic E-state index is 0.134. The molecule has 1 unspecified atom stereocenters. The number of pyridine rings is 1. The highest BCUT2D eigenvalue weighted by molar-refractivity contribution is 6.35. The van der Waals surface area contributed by atoms with Crippen molar-refractivity contribution < 1.29 is 14.7 Å². The third-order valence-electron chi connectivity index (χ3n) is 5.92. The molecule has 1 N–H and O–H groups in total. The van der Waals surface area contributed by atoms with Gasteiger partial charge < -0.3 is 19.8 Å². The molecular formula is C25H27ClN4O3. The Morgan fingerprint density at radius 1 is 1.12 bits per heavy atom. The second kappa shape index (κ2) is 9.37. The van der Waals surface area contributed by atoms with Crippen LogP contribution in [0.25, 0.3) is 22.2 Å². The van der Waals surface area contributed by atoms with Crippen LogP contribution in [0.2, 0.25) is 5.02 Å². The molecule has 172 valence electrons. The number of hydrogen-bond donors (Lipinski definition) is 1. The van der Waals surface area contributed by atoms with Crippen molar-refractivity contribution in [1.29, 1.82) is 0 Å². The molecule has 2 heterocycles. The van der Waals surface area contributed by atoms with Gasteiger partial charge in [0.2, 0.25) is 0 Å². The second-order valence-corrected chi connectivity index (χ2v) is 9.14. The summed E-state index contributed by atoms with van der Waals surface area (Å²) in [5.41, 5.74) is 4.08. The number of benzene rings is 2. The Morgan fingerprint density at radius 3 is 2.48 bits per heavy atom. The second-order valence-electron chi connectivity index (χ2n) is 8.73. The van der Waals surface area contributed by atoms with Crippen LogP contribution in [0.3, 0.4) is 0 Å². The molecule has 0 aliphatic carbocycles. The first-order valence-corrected chi connectivity index (χ1v) is 11.2. The Bertz CT molecular complexity index is 1200. The molecule has 0 radical (unpaired) electrons. The molecule has 1 aliphatic rings. The van der Waals surface area contributed by atoms with Crippen LogP contribution in [-0.4, -0.2) is 76.6 Å². The lowest BCUT2D eigenvalue weighted by molar-refractivity contribution is 0.0507. The summed E-state index contributed by atoms with van der Waals surface area (Å²) < 4.78 is 0. The summed E-state index contributed by atoms with van der Waals surface area (Å²) in [5, 5.41) is 10.6. The third kappa shape index (κ3) is 4.94. The van der Waals surface area contributed by atoms with E-state index < -0.39 is 6.09 Å². The van der Waals surface area contributed by atoms with Crippen molar-refractivity contribution in [3.8, 4) is 11.3 Å². The number of amides is 2. The van der Waals surface area contributed by atoms with E-state index in [2.05, 4.69) is 17.0 Å². The van der Waals surface area contributed by atoms with Gasteiger partial charge in [-0.25, -0.2) is 9.78 Å². The number of fused-ring (bicyclic) bond motifs is 1. The molecule has 0 spiro atoms. The van der Waals surface area contributed by atoms with Gasteiger partial charge in [0.15, 0.2) is 0 Å². The molecule has 33 heavy (non-hydrogen) atoms. The number of halogens is 1. The highest BCUT2D eigenvalue weighted by Crippen LogP contribution is 2.29. The van der Waals surface area contributed by atoms with E-state index in [0.717, 1.165) is 23.2 Å². The molecule has 0 saturated carbocycles. The van der Waals surface area contributed by atoms with E-state index in [4.69, 9.17) is 16.6 Å². The molecule has 3 aromatic rings. The fraction of sp³-hybridized carbons (Fsp3) is 0.320. The van der Waals surface area contributed by atoms with Crippen molar-refractivity contribution >= 4 is 34.5 Å². The maximum atomic E-state index is 13.1. The summed E-state index contributed by atoms with van der Waals surface area (Å²) in [6.07, 6.45) is -0.957. The normalized spacial score (nSPS) is 16.5. The average Bonchev–Trinajstić information content (AvgIpc) is 2.78. The standard InChI is InChI=1S/C25H27ClN4O3/c1-16-14-29(10-11-30(16)25(32)33)24(31)19-8-9-20-21(26)13-22(27-23(20)12-19)18-6-4-17(5-7-18)15-28(2)3/h4-9,12-13,16H,10-11,14-15H2,1-3H3,(H,32,33). The van der Waals surface area contributed by atoms with Crippen LogP contribution >= 0.6 is 11.6 Å². The maximum Gasteiger partial charge on any atom is 0.407 e. The fourth-order valence-electron chi connectivity index (χ4n) is 4.22. The molecule has 4 rings (SSSR count). The first-order chi connectivity index (χ1) is 15.7. The van der Waals surface area contributed by atoms with Crippen molar-refractivity contribution in [1.82, 2.24) is 19.7 Å². The zero-order valence-corrected chi connectivity index (χ0v) is 19.7. The first kappa shape index (κ1) is 23.0. The zero-order valence-electron chi connectivity index (χ0n) is 19.0. The molecular weight excluding hydrogens is 440 g/mol. The van der Waals surface area contributed by atoms with Crippen molar-refractivity contribution in [3.05, 3.63) is 64.7 Å². The lowest BCUT2D eigenvalue weighted by atomic mass is 10.1. The highest BCUT2D eigenvalue weighted by atomic mass is 35.5. The predicted octanol–water partition coefficient (Wildman–Crippen LogP) is 4.44. The summed E-state index contributed by atoms with van der Waals surface area (Å²) in [6, 6.07) is 15.1. The van der Waals surface area contributed by atoms with Gasteiger partial charge in [0, 0.05) is 48.7 Å². The van der Waals surface area contributed by atoms with Gasteiger partial charge in [0.05, 0.1) is 16.2 Å². The molecule has 2 amide bonds. The molecule has 1 aromatic heterocycles. The summed E-state index contributed by atoms with van der Waals surface area (Å²) in [5.74, 6) is -0.134. The van der Waals surface area contributed by atoms with Crippen LogP contribution in [0.5, 0.6) is 0 Å². The Kier molecular flexibility index (Phi) is 6.54. The van der Waals surface area contributed by atoms with Crippen molar-refractivity contribution in [3.63, 3.8) is 0 Å². The quantitative estimate of drug-likeness (QED) is 0.615. The number of aromatic nitrogens is 1. The highest BCUT2D eigenvalue weighted by Gasteiger charge is 2.30. The predicted molar refractivity (Wildman–Crippen MR) is 130 cm³/mol. The number of hydrogen-bond acceptors (Lipinski definition) is 4. The van der Waals surface area contributed by atoms with Crippen LogP contribution in [0.1, 0.15) is 22.8 Å². The number of rotatable bonds is 4. The van der Waals surface area contributed by atoms with Crippen molar-refractivity contribution in [2.24, 2.45) is 0 Å². The SMILES string of the molecule is CC1CN(C(=O)c2ccc3c(Cl)cc(-c4ccc(CN(C)C)cc4)nc3c2)CCN1C(=O)O. The Balaban J connectivity index is 1.60. The van der Waals surface area contributed by atoms with Gasteiger partial charge in [-0.1, -0.05) is 41.9 Å². The van der Waals surface area contributed by atoms with Gasteiger partial charge in [-0.3, -0.25) is 4.79 Å². The number of carbonyl (C=O) groups is 2. The number of nitrogens with zero attached hydrogens (tertiary/aromatic N) is 4. The van der Waals surface area contributed by atoms with Crippen LogP contribution in [0.4, 0.5) is 4.79 Å². The van der Waals surface area contributed by atoms with E-state index in [-0.39, 0.29) is 11.9 Å². The minimum atomic E-state index is -0.957. The molecule has 8 heteroatoms. The van der Waals surface area contributed by atoms with Crippen LogP contribution in [0.15, 0.2) is 48.5 Å². The monoisotopic (exact) mass is 466 g/mol. The lowest BCUT2D eigenvalue weighted by Gasteiger charge is -2.38. The topological polar surface area (TPSA) is 77.0 Å². The van der Waals surface area contributed by atoms with Gasteiger partial charge in [-0.15, -0.1) is 0 Å². The van der Waals surface area contributed by atoms with Crippen LogP contribution < -0.4 is 0 Å². The van der Waals surface area contributed by atoms with E-state index in [1.54, 1.807) is 17.0 Å². The summed E-state index contributed by atoms with van der Waals surface area (Å²) in [7, 11) is 4.06. The Morgan fingerprint density at radius 2 is 1.85 bits per heavy atom. The maximum absolute atomic E-state index is 13.1. The number of carbonyl (C=O) groups excluding carboxylic acids is 1. The first-order valence-electron chi connectivity index (χ1n) is 10.9. The summed E-state index contributed by atoms with van der Waals surface area (Å²) in [4.78, 5) is 34.4. The molecule has 1 atom stereocenters. The van der Waals surface area contributed by atoms with Gasteiger partial charge in [0.1, 0.15) is 0 Å². The van der Waals surface area contributed by atoms with Gasteiger partial charge in [-0.2, -0.15) is 0 Å². The minimum Gasteiger partial charge on any atom is -0.465 e. The smallest absolute Gasteiger partial charge is 0.407 e. The van der Waals surface area contributed by atoms with Gasteiger partial charge in [0.25, 0.3) is 5.91 Å². The number of carboxylic acid groups (broad SMARTS) is 1. The molecule has 2 aromatic carbocycles. The Hall–Kier alpha value is -3.16. The van der Waals surface area contributed by atoms with E-state index in [1.807, 2.05) is 45.3 Å². The van der Waals surface area contributed by atoms with E-state index in [9.17, 15) is 14.7 Å². The lowest BCUT2D eigenvalue weighted by Crippen LogP contribution is -2.55. The van der Waals surface area contributed by atoms with Crippen LogP contribution in [0, 0.1) is 0 Å². The van der Waals surface area contributed by atoms with Crippen molar-refractivity contribution in [2.45, 2.75) is 19.5 Å². The van der Waals surface area contributed by atoms with E-state index >= 15 is 0 Å². The zero-order chi connectivity index (χ0) is 23.7. The third-order valence-corrected chi connectivity index (χ3v) is 6.23. The molecule has 1 aliphatic heterocycles. The molecule has 1 saturated heterocycles. The van der Waals surface area contributed by atoms with Gasteiger partial charge in [-0.05, 0) is 44.8 Å².